The van der Waals surface area contributed by atoms with Gasteiger partial charge in [-0.05, 0) is 39.3 Å². The molecule has 10 heteroatoms. The third-order valence-corrected chi connectivity index (χ3v) is 7.54. The number of ether oxygens (including phenoxy) is 1. The number of hydrogen-bond donors (Lipinski definition) is 0. The second-order valence-electron chi connectivity index (χ2n) is 7.62. The number of aromatic nitrogens is 4. The molecule has 1 fully saturated rings. The Morgan fingerprint density at radius 3 is 2.60 bits per heavy atom. The molecule has 0 N–H and O–H groups in total. The van der Waals surface area contributed by atoms with E-state index in [2.05, 4.69) is 15.2 Å². The fourth-order valence-corrected chi connectivity index (χ4v) is 5.59. The molecule has 4 rings (SSSR count). The number of nitrogens with zero attached hydrogens (tertiary/aromatic N) is 5. The molecule has 3 heterocycles. The van der Waals surface area contributed by atoms with Crippen LogP contribution in [0, 0.1) is 20.8 Å². The van der Waals surface area contributed by atoms with Gasteiger partial charge in [-0.15, -0.1) is 0 Å². The maximum Gasteiger partial charge on any atom is 0.264 e. The Kier molecular flexibility index (Phi) is 5.37. The highest BCUT2D eigenvalue weighted by Gasteiger charge is 2.38. The number of aryl methyl sites for hydroxylation is 3. The van der Waals surface area contributed by atoms with Crippen molar-refractivity contribution < 1.29 is 17.7 Å². The van der Waals surface area contributed by atoms with E-state index in [4.69, 9.17) is 9.26 Å². The minimum Gasteiger partial charge on any atom is -0.484 e. The van der Waals surface area contributed by atoms with Crippen LogP contribution in [0.25, 0.3) is 0 Å². The van der Waals surface area contributed by atoms with E-state index in [0.717, 1.165) is 11.3 Å². The lowest BCUT2D eigenvalue weighted by molar-refractivity contribution is 0.242. The van der Waals surface area contributed by atoms with Gasteiger partial charge in [0.1, 0.15) is 10.6 Å². The first-order valence-corrected chi connectivity index (χ1v) is 11.2. The van der Waals surface area contributed by atoms with E-state index in [1.165, 1.54) is 4.31 Å². The Balaban J connectivity index is 1.43. The van der Waals surface area contributed by atoms with Gasteiger partial charge in [-0.1, -0.05) is 22.9 Å². The van der Waals surface area contributed by atoms with Crippen LogP contribution < -0.4 is 4.74 Å². The molecule has 160 valence electrons. The first kappa shape index (κ1) is 20.5. The molecule has 0 aliphatic carbocycles. The molecule has 1 aromatic carbocycles. The SMILES string of the molecule is Cc1ccc(OCc2nc(C3CCN(S(=O)(=O)c4c(C)nn(C)c4C)C3)no2)cc1. The van der Waals surface area contributed by atoms with Crippen LogP contribution in [0.3, 0.4) is 0 Å². The lowest BCUT2D eigenvalue weighted by atomic mass is 10.1. The number of rotatable bonds is 6. The predicted octanol–water partition coefficient (Wildman–Crippen LogP) is 2.49. The Labute approximate surface area is 175 Å². The van der Waals surface area contributed by atoms with Crippen LogP contribution in [0.1, 0.15) is 41.0 Å². The largest absolute Gasteiger partial charge is 0.484 e. The van der Waals surface area contributed by atoms with Crippen molar-refractivity contribution in [2.75, 3.05) is 13.1 Å². The predicted molar refractivity (Wildman–Crippen MR) is 109 cm³/mol. The molecule has 1 aliphatic rings. The summed E-state index contributed by atoms with van der Waals surface area (Å²) in [5, 5.41) is 8.29. The highest BCUT2D eigenvalue weighted by Crippen LogP contribution is 2.31. The summed E-state index contributed by atoms with van der Waals surface area (Å²) >= 11 is 0. The maximum atomic E-state index is 13.1. The van der Waals surface area contributed by atoms with Crippen molar-refractivity contribution in [1.29, 1.82) is 0 Å². The first-order chi connectivity index (χ1) is 14.3. The highest BCUT2D eigenvalue weighted by molar-refractivity contribution is 7.89. The van der Waals surface area contributed by atoms with Gasteiger partial charge in [0.15, 0.2) is 12.4 Å². The van der Waals surface area contributed by atoms with Gasteiger partial charge >= 0.3 is 0 Å². The fraction of sp³-hybridized carbons (Fsp3) is 0.450. The molecular weight excluding hydrogens is 406 g/mol. The van der Waals surface area contributed by atoms with Gasteiger partial charge in [-0.25, -0.2) is 8.42 Å². The minimum absolute atomic E-state index is 0.117. The van der Waals surface area contributed by atoms with Gasteiger partial charge in [0.25, 0.3) is 5.89 Å². The summed E-state index contributed by atoms with van der Waals surface area (Å²) in [4.78, 5) is 4.70. The van der Waals surface area contributed by atoms with Gasteiger partial charge < -0.3 is 9.26 Å². The van der Waals surface area contributed by atoms with Crippen LogP contribution >= 0.6 is 0 Å². The topological polar surface area (TPSA) is 103 Å². The fourth-order valence-electron chi connectivity index (χ4n) is 3.69. The molecule has 3 aromatic rings. The molecule has 1 atom stereocenters. The summed E-state index contributed by atoms with van der Waals surface area (Å²) in [5.41, 5.74) is 2.29. The zero-order valence-corrected chi connectivity index (χ0v) is 18.3. The molecule has 0 amide bonds. The van der Waals surface area contributed by atoms with Crippen LogP contribution in [0.15, 0.2) is 33.7 Å². The van der Waals surface area contributed by atoms with Gasteiger partial charge in [0, 0.05) is 26.1 Å². The van der Waals surface area contributed by atoms with Crippen molar-refractivity contribution >= 4 is 10.0 Å². The molecular formula is C20H25N5O4S. The first-order valence-electron chi connectivity index (χ1n) is 9.78. The molecule has 0 spiro atoms. The molecule has 9 nitrogen and oxygen atoms in total. The number of sulfonamides is 1. The molecule has 1 saturated heterocycles. The zero-order valence-electron chi connectivity index (χ0n) is 17.5. The Bertz CT molecular complexity index is 1150. The second-order valence-corrected chi connectivity index (χ2v) is 9.50. The maximum absolute atomic E-state index is 13.1. The average Bonchev–Trinajstić information content (AvgIpc) is 3.41. The van der Waals surface area contributed by atoms with E-state index >= 15 is 0 Å². The van der Waals surface area contributed by atoms with E-state index in [9.17, 15) is 8.42 Å². The van der Waals surface area contributed by atoms with Crippen LogP contribution in [0.5, 0.6) is 5.75 Å². The molecule has 0 radical (unpaired) electrons. The lowest BCUT2D eigenvalue weighted by Crippen LogP contribution is -2.29. The lowest BCUT2D eigenvalue weighted by Gasteiger charge is -2.16. The van der Waals surface area contributed by atoms with E-state index in [-0.39, 0.29) is 17.4 Å². The number of hydrogen-bond acceptors (Lipinski definition) is 7. The van der Waals surface area contributed by atoms with E-state index in [1.54, 1.807) is 25.6 Å². The number of benzene rings is 1. The average molecular weight is 432 g/mol. The van der Waals surface area contributed by atoms with E-state index < -0.39 is 10.0 Å². The Morgan fingerprint density at radius 2 is 1.93 bits per heavy atom. The summed E-state index contributed by atoms with van der Waals surface area (Å²) in [7, 11) is -1.88. The summed E-state index contributed by atoms with van der Waals surface area (Å²) < 4.78 is 40.3. The van der Waals surface area contributed by atoms with E-state index in [0.29, 0.717) is 42.6 Å². The van der Waals surface area contributed by atoms with Crippen LogP contribution in [-0.4, -0.2) is 45.7 Å². The van der Waals surface area contributed by atoms with Gasteiger partial charge in [-0.3, -0.25) is 4.68 Å². The van der Waals surface area contributed by atoms with Crippen molar-refractivity contribution in [3.05, 3.63) is 52.9 Å². The van der Waals surface area contributed by atoms with Crippen molar-refractivity contribution in [1.82, 2.24) is 24.2 Å². The summed E-state index contributed by atoms with van der Waals surface area (Å²) in [6.07, 6.45) is 0.634. The summed E-state index contributed by atoms with van der Waals surface area (Å²) in [6, 6.07) is 7.70. The Hall–Kier alpha value is -2.72. The van der Waals surface area contributed by atoms with E-state index in [1.807, 2.05) is 31.2 Å². The van der Waals surface area contributed by atoms with Gasteiger partial charge in [-0.2, -0.15) is 14.4 Å². The molecule has 1 unspecified atom stereocenters. The van der Waals surface area contributed by atoms with Crippen molar-refractivity contribution in [3.63, 3.8) is 0 Å². The second kappa shape index (κ2) is 7.84. The smallest absolute Gasteiger partial charge is 0.264 e. The molecule has 2 aromatic heterocycles. The molecule has 1 aliphatic heterocycles. The van der Waals surface area contributed by atoms with Crippen LogP contribution in [0.4, 0.5) is 0 Å². The quantitative estimate of drug-likeness (QED) is 0.591. The van der Waals surface area contributed by atoms with Crippen LogP contribution in [0.2, 0.25) is 0 Å². The molecule has 0 bridgehead atoms. The van der Waals surface area contributed by atoms with Crippen molar-refractivity contribution in [3.8, 4) is 5.75 Å². The van der Waals surface area contributed by atoms with Gasteiger partial charge in [0.2, 0.25) is 10.0 Å². The summed E-state index contributed by atoms with van der Waals surface area (Å²) in [5.74, 6) is 1.48. The zero-order chi connectivity index (χ0) is 21.5. The third-order valence-electron chi connectivity index (χ3n) is 5.42. The standard InChI is InChI=1S/C20H25N5O4S/c1-13-5-7-17(8-6-13)28-12-18-21-20(23-29-18)16-9-10-25(11-16)30(26,27)19-14(2)22-24(4)15(19)3/h5-8,16H,9-12H2,1-4H3. The molecule has 0 saturated carbocycles. The highest BCUT2D eigenvalue weighted by atomic mass is 32.2. The van der Waals surface area contributed by atoms with Crippen molar-refractivity contribution in [2.24, 2.45) is 7.05 Å². The third kappa shape index (κ3) is 3.84. The molecule has 30 heavy (non-hydrogen) atoms. The van der Waals surface area contributed by atoms with Crippen molar-refractivity contribution in [2.45, 2.75) is 44.6 Å². The monoisotopic (exact) mass is 431 g/mol. The normalized spacial score (nSPS) is 17.5. The Morgan fingerprint density at radius 1 is 1.20 bits per heavy atom. The van der Waals surface area contributed by atoms with Crippen LogP contribution in [-0.2, 0) is 23.7 Å². The summed E-state index contributed by atoms with van der Waals surface area (Å²) in [6.45, 7) is 6.38. The van der Waals surface area contributed by atoms with Gasteiger partial charge in [0.05, 0.1) is 11.4 Å². The minimum atomic E-state index is -3.62.